The SMILES string of the molecule is CCCCOC(=O)CC[C@H](NC(C)=O)C(=O)N[C@@H](CC(=O)OCCCC)C(=O)OCCCC. The molecule has 0 unspecified atom stereocenters. The monoisotopic (exact) mass is 472 g/mol. The van der Waals surface area contributed by atoms with Crippen LogP contribution in [-0.4, -0.2) is 61.6 Å². The average molecular weight is 473 g/mol. The fourth-order valence-corrected chi connectivity index (χ4v) is 2.62. The highest BCUT2D eigenvalue weighted by atomic mass is 16.5. The highest BCUT2D eigenvalue weighted by molar-refractivity contribution is 5.92. The van der Waals surface area contributed by atoms with Crippen molar-refractivity contribution < 1.29 is 38.2 Å². The summed E-state index contributed by atoms with van der Waals surface area (Å²) in [6.07, 6.45) is 4.07. The molecule has 190 valence electrons. The van der Waals surface area contributed by atoms with Crippen molar-refractivity contribution in [2.24, 2.45) is 0 Å². The summed E-state index contributed by atoms with van der Waals surface area (Å²) >= 11 is 0. The van der Waals surface area contributed by atoms with Gasteiger partial charge in [-0.1, -0.05) is 40.0 Å². The van der Waals surface area contributed by atoms with Crippen LogP contribution in [0.4, 0.5) is 0 Å². The molecular formula is C23H40N2O8. The number of carbonyl (C=O) groups excluding carboxylic acids is 5. The predicted octanol–water partition coefficient (Wildman–Crippen LogP) is 2.18. The standard InChI is InChI=1S/C23H40N2O8/c1-5-8-13-31-20(27)12-11-18(24-17(4)26)22(29)25-19(23(30)33-15-10-7-3)16-21(28)32-14-9-6-2/h18-19H,5-16H2,1-4H3,(H,24,26)(H,25,29)/t18-,19-/m0/s1. The maximum Gasteiger partial charge on any atom is 0.329 e. The quantitative estimate of drug-likeness (QED) is 0.176. The number of hydrogen-bond donors (Lipinski definition) is 2. The van der Waals surface area contributed by atoms with E-state index in [1.807, 2.05) is 20.8 Å². The van der Waals surface area contributed by atoms with Crippen LogP contribution in [0, 0.1) is 0 Å². The molecule has 0 saturated heterocycles. The van der Waals surface area contributed by atoms with Gasteiger partial charge in [-0.05, 0) is 25.7 Å². The zero-order valence-electron chi connectivity index (χ0n) is 20.4. The van der Waals surface area contributed by atoms with E-state index >= 15 is 0 Å². The van der Waals surface area contributed by atoms with E-state index in [1.165, 1.54) is 6.92 Å². The van der Waals surface area contributed by atoms with Crippen LogP contribution in [0.5, 0.6) is 0 Å². The summed E-state index contributed by atoms with van der Waals surface area (Å²) in [7, 11) is 0. The lowest BCUT2D eigenvalue weighted by Gasteiger charge is -2.22. The maximum atomic E-state index is 12.8. The summed E-state index contributed by atoms with van der Waals surface area (Å²) in [5, 5.41) is 4.93. The lowest BCUT2D eigenvalue weighted by atomic mass is 10.1. The van der Waals surface area contributed by atoms with Gasteiger partial charge in [0.2, 0.25) is 11.8 Å². The van der Waals surface area contributed by atoms with Crippen LogP contribution in [-0.2, 0) is 38.2 Å². The van der Waals surface area contributed by atoms with Crippen molar-refractivity contribution in [3.8, 4) is 0 Å². The molecule has 0 radical (unpaired) electrons. The molecule has 2 N–H and O–H groups in total. The highest BCUT2D eigenvalue weighted by Gasteiger charge is 2.30. The summed E-state index contributed by atoms with van der Waals surface area (Å²) in [6.45, 7) is 7.75. The van der Waals surface area contributed by atoms with E-state index < -0.39 is 48.2 Å². The molecule has 0 spiro atoms. The Hall–Kier alpha value is -2.65. The fraction of sp³-hybridized carbons (Fsp3) is 0.783. The lowest BCUT2D eigenvalue weighted by Crippen LogP contribution is -2.52. The van der Waals surface area contributed by atoms with Gasteiger partial charge in [0.25, 0.3) is 0 Å². The second-order valence-electron chi connectivity index (χ2n) is 7.73. The lowest BCUT2D eigenvalue weighted by molar-refractivity contribution is -0.154. The second-order valence-corrected chi connectivity index (χ2v) is 7.73. The van der Waals surface area contributed by atoms with Gasteiger partial charge in [0.1, 0.15) is 12.1 Å². The van der Waals surface area contributed by atoms with Crippen molar-refractivity contribution in [1.82, 2.24) is 10.6 Å². The van der Waals surface area contributed by atoms with Gasteiger partial charge < -0.3 is 24.8 Å². The first kappa shape index (κ1) is 30.4. The first-order chi connectivity index (χ1) is 15.7. The Bertz CT molecular complexity index is 624. The van der Waals surface area contributed by atoms with Gasteiger partial charge >= 0.3 is 17.9 Å². The molecule has 33 heavy (non-hydrogen) atoms. The van der Waals surface area contributed by atoms with Gasteiger partial charge in [0.15, 0.2) is 0 Å². The molecule has 0 aliphatic heterocycles. The number of rotatable bonds is 18. The number of hydrogen-bond acceptors (Lipinski definition) is 8. The van der Waals surface area contributed by atoms with Crippen LogP contribution in [0.2, 0.25) is 0 Å². The van der Waals surface area contributed by atoms with E-state index in [2.05, 4.69) is 10.6 Å². The molecule has 0 aliphatic carbocycles. The van der Waals surface area contributed by atoms with E-state index in [0.29, 0.717) is 12.8 Å². The van der Waals surface area contributed by atoms with Crippen LogP contribution in [0.3, 0.4) is 0 Å². The smallest absolute Gasteiger partial charge is 0.329 e. The Balaban J connectivity index is 5.13. The maximum absolute atomic E-state index is 12.8. The largest absolute Gasteiger partial charge is 0.466 e. The molecule has 0 aromatic carbocycles. The normalized spacial score (nSPS) is 12.2. The number of esters is 3. The van der Waals surface area contributed by atoms with Gasteiger partial charge in [0.05, 0.1) is 26.2 Å². The first-order valence-corrected chi connectivity index (χ1v) is 11.8. The summed E-state index contributed by atoms with van der Waals surface area (Å²) in [4.78, 5) is 60.8. The molecule has 2 amide bonds. The van der Waals surface area contributed by atoms with Crippen molar-refractivity contribution in [3.05, 3.63) is 0 Å². The van der Waals surface area contributed by atoms with Gasteiger partial charge in [-0.2, -0.15) is 0 Å². The fourth-order valence-electron chi connectivity index (χ4n) is 2.62. The van der Waals surface area contributed by atoms with Crippen LogP contribution in [0.25, 0.3) is 0 Å². The van der Waals surface area contributed by atoms with E-state index in [4.69, 9.17) is 14.2 Å². The molecule has 2 atom stereocenters. The van der Waals surface area contributed by atoms with Gasteiger partial charge in [0, 0.05) is 13.3 Å². The molecule has 0 fully saturated rings. The Labute approximate surface area is 196 Å². The number of nitrogens with one attached hydrogen (secondary N) is 2. The molecular weight excluding hydrogens is 432 g/mol. The van der Waals surface area contributed by atoms with Crippen molar-refractivity contribution in [2.45, 2.75) is 97.6 Å². The van der Waals surface area contributed by atoms with Gasteiger partial charge in [-0.15, -0.1) is 0 Å². The predicted molar refractivity (Wildman–Crippen MR) is 121 cm³/mol. The minimum Gasteiger partial charge on any atom is -0.466 e. The molecule has 0 heterocycles. The van der Waals surface area contributed by atoms with Crippen LogP contribution >= 0.6 is 0 Å². The summed E-state index contributed by atoms with van der Waals surface area (Å²) < 4.78 is 15.3. The van der Waals surface area contributed by atoms with Crippen molar-refractivity contribution in [3.63, 3.8) is 0 Å². The second kappa shape index (κ2) is 18.9. The molecule has 0 aromatic heterocycles. The third-order valence-electron chi connectivity index (χ3n) is 4.57. The first-order valence-electron chi connectivity index (χ1n) is 11.8. The number of carbonyl (C=O) groups is 5. The van der Waals surface area contributed by atoms with Crippen molar-refractivity contribution in [2.75, 3.05) is 19.8 Å². The highest BCUT2D eigenvalue weighted by Crippen LogP contribution is 2.06. The van der Waals surface area contributed by atoms with Crippen LogP contribution in [0.15, 0.2) is 0 Å². The zero-order valence-corrected chi connectivity index (χ0v) is 20.4. The van der Waals surface area contributed by atoms with E-state index in [1.54, 1.807) is 0 Å². The van der Waals surface area contributed by atoms with Crippen molar-refractivity contribution >= 4 is 29.7 Å². The number of unbranched alkanes of at least 4 members (excludes halogenated alkanes) is 3. The Morgan fingerprint density at radius 2 is 1.21 bits per heavy atom. The molecule has 0 saturated carbocycles. The van der Waals surface area contributed by atoms with Crippen molar-refractivity contribution in [1.29, 1.82) is 0 Å². The Morgan fingerprint density at radius 1 is 0.697 bits per heavy atom. The minimum absolute atomic E-state index is 0.0189. The molecule has 0 rings (SSSR count). The molecule has 0 bridgehead atoms. The topological polar surface area (TPSA) is 137 Å². The summed E-state index contributed by atoms with van der Waals surface area (Å²) in [5.74, 6) is -3.07. The minimum atomic E-state index is -1.27. The molecule has 10 nitrogen and oxygen atoms in total. The molecule has 0 aliphatic rings. The molecule has 0 aromatic rings. The Kier molecular flexibility index (Phi) is 17.4. The average Bonchev–Trinajstić information content (AvgIpc) is 2.76. The zero-order chi connectivity index (χ0) is 25.1. The van der Waals surface area contributed by atoms with Gasteiger partial charge in [-0.25, -0.2) is 4.79 Å². The third kappa shape index (κ3) is 15.7. The van der Waals surface area contributed by atoms with Crippen LogP contribution < -0.4 is 10.6 Å². The van der Waals surface area contributed by atoms with E-state index in [0.717, 1.165) is 25.7 Å². The Morgan fingerprint density at radius 3 is 1.73 bits per heavy atom. The third-order valence-corrected chi connectivity index (χ3v) is 4.57. The van der Waals surface area contributed by atoms with Gasteiger partial charge in [-0.3, -0.25) is 19.2 Å². The van der Waals surface area contributed by atoms with E-state index in [-0.39, 0.29) is 32.7 Å². The number of amides is 2. The van der Waals surface area contributed by atoms with Crippen LogP contribution in [0.1, 0.15) is 85.5 Å². The van der Waals surface area contributed by atoms with E-state index in [9.17, 15) is 24.0 Å². The summed E-state index contributed by atoms with van der Waals surface area (Å²) in [6, 6.07) is -2.35. The summed E-state index contributed by atoms with van der Waals surface area (Å²) in [5.41, 5.74) is 0. The number of ether oxygens (including phenoxy) is 3. The molecule has 10 heteroatoms.